The van der Waals surface area contributed by atoms with E-state index in [1.165, 1.54) is 0 Å². The van der Waals surface area contributed by atoms with Crippen molar-refractivity contribution in [3.05, 3.63) is 0 Å². The molecule has 1 aliphatic rings. The van der Waals surface area contributed by atoms with Gasteiger partial charge in [0.15, 0.2) is 0 Å². The van der Waals surface area contributed by atoms with E-state index in [0.29, 0.717) is 6.54 Å². The van der Waals surface area contributed by atoms with Gasteiger partial charge in [-0.2, -0.15) is 0 Å². The van der Waals surface area contributed by atoms with E-state index in [0.717, 1.165) is 19.1 Å². The largest absolute Gasteiger partial charge is 0.444 e. The third-order valence-electron chi connectivity index (χ3n) is 2.74. The zero-order valence-corrected chi connectivity index (χ0v) is 10.5. The Hall–Kier alpha value is -1.06. The molecule has 0 aromatic heterocycles. The molecule has 0 N–H and O–H groups in total. The Balaban J connectivity index is 2.62. The molecule has 1 heterocycles. The Kier molecular flexibility index (Phi) is 3.94. The molecule has 1 aliphatic heterocycles. The minimum Gasteiger partial charge on any atom is -0.444 e. The van der Waals surface area contributed by atoms with Crippen molar-refractivity contribution in [1.29, 1.82) is 0 Å². The Morgan fingerprint density at radius 3 is 2.50 bits per heavy atom. The highest BCUT2D eigenvalue weighted by Gasteiger charge is 2.31. The summed E-state index contributed by atoms with van der Waals surface area (Å²) in [5.74, 6) is -0.0382. The summed E-state index contributed by atoms with van der Waals surface area (Å²) in [7, 11) is 0. The van der Waals surface area contributed by atoms with Crippen LogP contribution in [0, 0.1) is 5.92 Å². The third kappa shape index (κ3) is 3.51. The van der Waals surface area contributed by atoms with Gasteiger partial charge in [-0.3, -0.25) is 0 Å². The number of hydrogen-bond donors (Lipinski definition) is 0. The van der Waals surface area contributed by atoms with E-state index in [-0.39, 0.29) is 18.1 Å². The standard InChI is InChI=1S/C12H21NO3/c1-9-5-6-10(8-14)7-13(9)11(15)16-12(2,3)4/h8-10H,5-7H2,1-4H3/t9-,10-/m1/s1. The van der Waals surface area contributed by atoms with Crippen molar-refractivity contribution >= 4 is 12.4 Å². The van der Waals surface area contributed by atoms with Crippen LogP contribution in [0.2, 0.25) is 0 Å². The van der Waals surface area contributed by atoms with Crippen LogP contribution in [0.4, 0.5) is 4.79 Å². The fourth-order valence-electron chi connectivity index (χ4n) is 1.82. The summed E-state index contributed by atoms with van der Waals surface area (Å²) in [6.45, 7) is 8.01. The predicted octanol–water partition coefficient (Wildman–Crippen LogP) is 2.22. The zero-order valence-electron chi connectivity index (χ0n) is 10.5. The number of rotatable bonds is 1. The quantitative estimate of drug-likeness (QED) is 0.645. The molecule has 1 fully saturated rings. The van der Waals surface area contributed by atoms with Crippen LogP contribution >= 0.6 is 0 Å². The first-order chi connectivity index (χ1) is 7.33. The van der Waals surface area contributed by atoms with Crippen molar-refractivity contribution in [2.45, 2.75) is 52.2 Å². The Bertz CT molecular complexity index is 270. The number of hydrogen-bond acceptors (Lipinski definition) is 3. The van der Waals surface area contributed by atoms with Crippen molar-refractivity contribution in [1.82, 2.24) is 4.90 Å². The van der Waals surface area contributed by atoms with Crippen molar-refractivity contribution in [2.24, 2.45) is 5.92 Å². The average molecular weight is 227 g/mol. The predicted molar refractivity (Wildman–Crippen MR) is 61.2 cm³/mol. The average Bonchev–Trinajstić information content (AvgIpc) is 2.15. The summed E-state index contributed by atoms with van der Waals surface area (Å²) in [6, 6.07) is 0.158. The van der Waals surface area contributed by atoms with E-state index in [1.807, 2.05) is 27.7 Å². The second kappa shape index (κ2) is 4.85. The van der Waals surface area contributed by atoms with E-state index in [2.05, 4.69) is 0 Å². The van der Waals surface area contributed by atoms with E-state index in [4.69, 9.17) is 4.74 Å². The molecule has 92 valence electrons. The number of carbonyl (C=O) groups is 2. The van der Waals surface area contributed by atoms with Gasteiger partial charge in [0.2, 0.25) is 0 Å². The molecule has 0 aliphatic carbocycles. The molecule has 1 rings (SSSR count). The fraction of sp³-hybridized carbons (Fsp3) is 0.833. The summed E-state index contributed by atoms with van der Waals surface area (Å²) < 4.78 is 5.31. The molecular formula is C12H21NO3. The number of likely N-dealkylation sites (tertiary alicyclic amines) is 1. The molecule has 4 heteroatoms. The molecular weight excluding hydrogens is 206 g/mol. The van der Waals surface area contributed by atoms with Crippen LogP contribution in [-0.2, 0) is 9.53 Å². The highest BCUT2D eigenvalue weighted by atomic mass is 16.6. The molecule has 16 heavy (non-hydrogen) atoms. The van der Waals surface area contributed by atoms with Gasteiger partial charge < -0.3 is 14.4 Å². The minimum absolute atomic E-state index is 0.0382. The van der Waals surface area contributed by atoms with Crippen LogP contribution in [0.15, 0.2) is 0 Å². The van der Waals surface area contributed by atoms with Crippen LogP contribution in [0.1, 0.15) is 40.5 Å². The lowest BCUT2D eigenvalue weighted by Crippen LogP contribution is -2.47. The molecule has 0 saturated carbocycles. The number of nitrogens with zero attached hydrogens (tertiary/aromatic N) is 1. The minimum atomic E-state index is -0.481. The molecule has 0 aromatic carbocycles. The lowest BCUT2D eigenvalue weighted by Gasteiger charge is -2.37. The molecule has 4 nitrogen and oxygen atoms in total. The van der Waals surface area contributed by atoms with Crippen molar-refractivity contribution < 1.29 is 14.3 Å². The first kappa shape index (κ1) is 13.0. The Morgan fingerprint density at radius 1 is 1.38 bits per heavy atom. The highest BCUT2D eigenvalue weighted by Crippen LogP contribution is 2.22. The third-order valence-corrected chi connectivity index (χ3v) is 2.74. The maximum Gasteiger partial charge on any atom is 0.410 e. The van der Waals surface area contributed by atoms with Crippen molar-refractivity contribution in [2.75, 3.05) is 6.54 Å². The summed E-state index contributed by atoms with van der Waals surface area (Å²) in [5, 5.41) is 0. The Labute approximate surface area is 96.9 Å². The smallest absolute Gasteiger partial charge is 0.410 e. The number of amides is 1. The Morgan fingerprint density at radius 2 is 2.00 bits per heavy atom. The fourth-order valence-corrected chi connectivity index (χ4v) is 1.82. The maximum atomic E-state index is 11.9. The molecule has 0 aromatic rings. The molecule has 0 bridgehead atoms. The van der Waals surface area contributed by atoms with Crippen LogP contribution in [0.5, 0.6) is 0 Å². The molecule has 0 spiro atoms. The van der Waals surface area contributed by atoms with E-state index in [9.17, 15) is 9.59 Å². The van der Waals surface area contributed by atoms with E-state index >= 15 is 0 Å². The van der Waals surface area contributed by atoms with E-state index < -0.39 is 5.60 Å². The van der Waals surface area contributed by atoms with Gasteiger partial charge in [0, 0.05) is 18.5 Å². The number of aldehydes is 1. The topological polar surface area (TPSA) is 46.6 Å². The second-order valence-corrected chi connectivity index (χ2v) is 5.46. The SMILES string of the molecule is C[C@@H]1CC[C@@H](C=O)CN1C(=O)OC(C)(C)C. The van der Waals surface area contributed by atoms with Gasteiger partial charge >= 0.3 is 6.09 Å². The molecule has 2 atom stereocenters. The zero-order chi connectivity index (χ0) is 12.3. The van der Waals surface area contributed by atoms with E-state index in [1.54, 1.807) is 4.90 Å². The summed E-state index contributed by atoms with van der Waals surface area (Å²) in [6.07, 6.45) is 2.35. The van der Waals surface area contributed by atoms with Crippen molar-refractivity contribution in [3.63, 3.8) is 0 Å². The van der Waals surface area contributed by atoms with Crippen LogP contribution < -0.4 is 0 Å². The van der Waals surface area contributed by atoms with Gasteiger partial charge in [-0.25, -0.2) is 4.79 Å². The number of carbonyl (C=O) groups excluding carboxylic acids is 2. The first-order valence-corrected chi connectivity index (χ1v) is 5.78. The normalized spacial score (nSPS) is 26.4. The maximum absolute atomic E-state index is 11.9. The second-order valence-electron chi connectivity index (χ2n) is 5.46. The molecule has 0 unspecified atom stereocenters. The lowest BCUT2D eigenvalue weighted by atomic mass is 9.95. The molecule has 1 saturated heterocycles. The van der Waals surface area contributed by atoms with Gasteiger partial charge in [0.25, 0.3) is 0 Å². The summed E-state index contributed by atoms with van der Waals surface area (Å²) >= 11 is 0. The first-order valence-electron chi connectivity index (χ1n) is 5.78. The molecule has 1 amide bonds. The number of ether oxygens (including phenoxy) is 1. The van der Waals surface area contributed by atoms with Crippen molar-refractivity contribution in [3.8, 4) is 0 Å². The number of piperidine rings is 1. The summed E-state index contributed by atoms with van der Waals surface area (Å²) in [4.78, 5) is 24.3. The van der Waals surface area contributed by atoms with Gasteiger partial charge in [0.05, 0.1) is 0 Å². The molecule has 0 radical (unpaired) electrons. The highest BCUT2D eigenvalue weighted by molar-refractivity contribution is 5.69. The summed E-state index contributed by atoms with van der Waals surface area (Å²) in [5.41, 5.74) is -0.481. The van der Waals surface area contributed by atoms with Gasteiger partial charge in [-0.1, -0.05) is 0 Å². The monoisotopic (exact) mass is 227 g/mol. The van der Waals surface area contributed by atoms with Gasteiger partial charge in [0.1, 0.15) is 11.9 Å². The lowest BCUT2D eigenvalue weighted by molar-refractivity contribution is -0.112. The van der Waals surface area contributed by atoms with Crippen LogP contribution in [0.25, 0.3) is 0 Å². The van der Waals surface area contributed by atoms with Crippen LogP contribution in [0.3, 0.4) is 0 Å². The van der Waals surface area contributed by atoms with Crippen LogP contribution in [-0.4, -0.2) is 35.5 Å². The van der Waals surface area contributed by atoms with Gasteiger partial charge in [-0.05, 0) is 40.5 Å². The van der Waals surface area contributed by atoms with Gasteiger partial charge in [-0.15, -0.1) is 0 Å².